The van der Waals surface area contributed by atoms with E-state index in [0.717, 1.165) is 11.1 Å². The van der Waals surface area contributed by atoms with Gasteiger partial charge in [-0.25, -0.2) is 9.78 Å². The zero-order chi connectivity index (χ0) is 19.7. The first-order chi connectivity index (χ1) is 12.8. The number of rotatable bonds is 5. The number of fused-ring (bicyclic) bond motifs is 2. The van der Waals surface area contributed by atoms with Crippen molar-refractivity contribution in [2.75, 3.05) is 6.54 Å². The molecule has 3 N–H and O–H groups in total. The molecule has 1 aromatic carbocycles. The Morgan fingerprint density at radius 2 is 1.89 bits per heavy atom. The van der Waals surface area contributed by atoms with Crippen LogP contribution in [-0.2, 0) is 16.1 Å². The molecular weight excluding hydrogens is 354 g/mol. The summed E-state index contributed by atoms with van der Waals surface area (Å²) in [5.74, 6) is -1.51. The Bertz CT molecular complexity index is 1150. The minimum Gasteiger partial charge on any atom is -0.481 e. The number of aliphatic carboxylic acids is 1. The number of nitrogens with zero attached hydrogens (tertiary/aromatic N) is 3. The number of aromatic amines is 1. The van der Waals surface area contributed by atoms with Crippen molar-refractivity contribution in [1.29, 1.82) is 0 Å². The van der Waals surface area contributed by atoms with E-state index in [4.69, 9.17) is 5.11 Å². The van der Waals surface area contributed by atoms with Gasteiger partial charge in [0.2, 0.25) is 5.91 Å². The van der Waals surface area contributed by atoms with Crippen molar-refractivity contribution in [2.24, 2.45) is 0 Å². The van der Waals surface area contributed by atoms with Crippen LogP contribution in [0.2, 0.25) is 0 Å². The monoisotopic (exact) mass is 371 g/mol. The van der Waals surface area contributed by atoms with Crippen molar-refractivity contribution in [1.82, 2.24) is 24.8 Å². The third kappa shape index (κ3) is 3.68. The van der Waals surface area contributed by atoms with E-state index in [1.807, 2.05) is 13.8 Å². The van der Waals surface area contributed by atoms with Crippen molar-refractivity contribution >= 4 is 22.9 Å². The minimum absolute atomic E-state index is 0.00659. The number of nitrogens with one attached hydrogen (secondary N) is 2. The fourth-order valence-electron chi connectivity index (χ4n) is 2.72. The highest BCUT2D eigenvalue weighted by Gasteiger charge is 2.20. The fraction of sp³-hybridized carbons (Fsp3) is 0.294. The molecule has 10 nitrogen and oxygen atoms in total. The molecule has 0 spiro atoms. The summed E-state index contributed by atoms with van der Waals surface area (Å²) in [4.78, 5) is 56.8. The van der Waals surface area contributed by atoms with E-state index >= 15 is 0 Å². The van der Waals surface area contributed by atoms with Gasteiger partial charge in [0, 0.05) is 6.54 Å². The molecule has 27 heavy (non-hydrogen) atoms. The number of benzene rings is 1. The molecular formula is C17H17N5O5. The van der Waals surface area contributed by atoms with Gasteiger partial charge >= 0.3 is 11.7 Å². The van der Waals surface area contributed by atoms with Crippen LogP contribution in [0.4, 0.5) is 0 Å². The number of carboxylic acid groups (broad SMARTS) is 1. The van der Waals surface area contributed by atoms with Crippen LogP contribution >= 0.6 is 0 Å². The maximum absolute atomic E-state index is 12.3. The predicted molar refractivity (Wildman–Crippen MR) is 95.8 cm³/mol. The summed E-state index contributed by atoms with van der Waals surface area (Å²) in [6.45, 7) is 3.51. The first kappa shape index (κ1) is 18.2. The summed E-state index contributed by atoms with van der Waals surface area (Å²) in [6.07, 6.45) is -0.213. The normalized spacial score (nSPS) is 11.0. The number of carbonyl (C=O) groups excluding carboxylic acids is 1. The molecule has 0 aliphatic carbocycles. The van der Waals surface area contributed by atoms with Gasteiger partial charge in [0.15, 0.2) is 11.5 Å². The van der Waals surface area contributed by atoms with Crippen molar-refractivity contribution in [3.63, 3.8) is 0 Å². The summed E-state index contributed by atoms with van der Waals surface area (Å²) in [5, 5.41) is 11.2. The second kappa shape index (κ2) is 6.98. The largest absolute Gasteiger partial charge is 0.481 e. The summed E-state index contributed by atoms with van der Waals surface area (Å²) in [5.41, 5.74) is 1.34. The lowest BCUT2D eigenvalue weighted by Crippen LogP contribution is -2.33. The molecule has 2 aliphatic heterocycles. The van der Waals surface area contributed by atoms with E-state index in [-0.39, 0.29) is 31.0 Å². The van der Waals surface area contributed by atoms with E-state index in [1.165, 1.54) is 4.57 Å². The molecule has 1 aromatic rings. The molecule has 0 aromatic heterocycles. The third-order valence-electron chi connectivity index (χ3n) is 4.19. The van der Waals surface area contributed by atoms with Crippen LogP contribution in [-0.4, -0.2) is 43.0 Å². The Labute approximate surface area is 152 Å². The summed E-state index contributed by atoms with van der Waals surface area (Å²) >= 11 is 0. The van der Waals surface area contributed by atoms with Gasteiger partial charge in [0.1, 0.15) is 6.54 Å². The van der Waals surface area contributed by atoms with Gasteiger partial charge in [-0.15, -0.1) is 0 Å². The number of aryl methyl sites for hydroxylation is 2. The van der Waals surface area contributed by atoms with E-state index in [9.17, 15) is 19.2 Å². The Morgan fingerprint density at radius 1 is 1.19 bits per heavy atom. The average Bonchev–Trinajstić information content (AvgIpc) is 2.57. The molecule has 0 unspecified atom stereocenters. The summed E-state index contributed by atoms with van der Waals surface area (Å²) < 4.78 is 1.44. The number of carboxylic acids is 1. The van der Waals surface area contributed by atoms with Gasteiger partial charge in [0.25, 0.3) is 5.56 Å². The number of hydrogen-bond donors (Lipinski definition) is 3. The van der Waals surface area contributed by atoms with Gasteiger partial charge in [0.05, 0.1) is 17.5 Å². The summed E-state index contributed by atoms with van der Waals surface area (Å²) in [7, 11) is 0. The van der Waals surface area contributed by atoms with Crippen LogP contribution in [0.1, 0.15) is 17.5 Å². The predicted octanol–water partition coefficient (Wildman–Crippen LogP) is -0.208. The lowest BCUT2D eigenvalue weighted by atomic mass is 10.1. The van der Waals surface area contributed by atoms with Crippen molar-refractivity contribution in [2.45, 2.75) is 26.8 Å². The van der Waals surface area contributed by atoms with Gasteiger partial charge in [-0.1, -0.05) is 0 Å². The van der Waals surface area contributed by atoms with Gasteiger partial charge in [-0.3, -0.25) is 19.4 Å². The minimum atomic E-state index is -1.03. The highest BCUT2D eigenvalue weighted by atomic mass is 16.4. The highest BCUT2D eigenvalue weighted by Crippen LogP contribution is 2.23. The molecule has 0 bridgehead atoms. The van der Waals surface area contributed by atoms with Gasteiger partial charge in [-0.2, -0.15) is 4.98 Å². The standard InChI is InChI=1S/C17H17N5O5/c1-8-5-10-11(6-9(8)2)22(7-12(23)18-4-3-13(24)25)15-14(19-10)16(26)21-17(27)20-15/h5-6H,3-4,7H2,1-2H3,(H,18,23)(H,24,25)(H,21,26,27). The van der Waals surface area contributed by atoms with Gasteiger partial charge in [-0.05, 0) is 37.1 Å². The molecule has 140 valence electrons. The third-order valence-corrected chi connectivity index (χ3v) is 4.19. The average molecular weight is 371 g/mol. The zero-order valence-electron chi connectivity index (χ0n) is 14.7. The Kier molecular flexibility index (Phi) is 4.72. The molecule has 0 saturated heterocycles. The van der Waals surface area contributed by atoms with Crippen LogP contribution in [0.25, 0.3) is 22.6 Å². The second-order valence-corrected chi connectivity index (χ2v) is 6.16. The van der Waals surface area contributed by atoms with E-state index in [1.54, 1.807) is 12.1 Å². The smallest absolute Gasteiger partial charge is 0.349 e. The molecule has 2 heterocycles. The molecule has 3 rings (SSSR count). The lowest BCUT2D eigenvalue weighted by Gasteiger charge is -2.17. The topological polar surface area (TPSA) is 147 Å². The van der Waals surface area contributed by atoms with E-state index in [0.29, 0.717) is 11.0 Å². The second-order valence-electron chi connectivity index (χ2n) is 6.16. The number of H-pyrrole nitrogens is 1. The molecule has 2 aliphatic rings. The van der Waals surface area contributed by atoms with Crippen LogP contribution < -0.4 is 16.6 Å². The van der Waals surface area contributed by atoms with Crippen molar-refractivity contribution in [3.8, 4) is 11.5 Å². The molecule has 0 atom stereocenters. The first-order valence-corrected chi connectivity index (χ1v) is 8.16. The molecule has 1 amide bonds. The highest BCUT2D eigenvalue weighted by molar-refractivity contribution is 5.84. The molecule has 0 saturated carbocycles. The fourth-order valence-corrected chi connectivity index (χ4v) is 2.72. The first-order valence-electron chi connectivity index (χ1n) is 8.16. The van der Waals surface area contributed by atoms with Crippen LogP contribution in [0.5, 0.6) is 0 Å². The molecule has 0 fully saturated rings. The van der Waals surface area contributed by atoms with Crippen molar-refractivity contribution in [3.05, 3.63) is 44.1 Å². The van der Waals surface area contributed by atoms with Crippen LogP contribution in [0.15, 0.2) is 21.7 Å². The Balaban J connectivity index is 2.16. The van der Waals surface area contributed by atoms with Crippen LogP contribution in [0, 0.1) is 13.8 Å². The van der Waals surface area contributed by atoms with E-state index < -0.39 is 23.1 Å². The van der Waals surface area contributed by atoms with Crippen molar-refractivity contribution < 1.29 is 14.7 Å². The SMILES string of the molecule is Cc1cc2nc3c(=O)[nH]c(=O)nc-3n(CC(=O)NCCC(=O)O)c2cc1C. The number of amides is 1. The molecule has 0 radical (unpaired) electrons. The quantitative estimate of drug-likeness (QED) is 0.526. The van der Waals surface area contributed by atoms with Crippen LogP contribution in [0.3, 0.4) is 0 Å². The van der Waals surface area contributed by atoms with Gasteiger partial charge < -0.3 is 15.0 Å². The number of carbonyl (C=O) groups is 2. The summed E-state index contributed by atoms with van der Waals surface area (Å²) in [6, 6.07) is 3.59. The lowest BCUT2D eigenvalue weighted by molar-refractivity contribution is -0.136. The Morgan fingerprint density at radius 3 is 2.59 bits per heavy atom. The van der Waals surface area contributed by atoms with E-state index in [2.05, 4.69) is 20.3 Å². The number of hydrogen-bond acceptors (Lipinski definition) is 6. The maximum Gasteiger partial charge on any atom is 0.349 e. The number of aromatic nitrogens is 4. The molecule has 10 heteroatoms. The zero-order valence-corrected chi connectivity index (χ0v) is 14.7. The maximum atomic E-state index is 12.3. The Hall–Kier alpha value is -3.56.